The maximum absolute atomic E-state index is 12.4. The lowest BCUT2D eigenvalue weighted by molar-refractivity contribution is -0.114. The number of amides is 2. The van der Waals surface area contributed by atoms with Crippen molar-refractivity contribution in [2.24, 2.45) is 0 Å². The van der Waals surface area contributed by atoms with Gasteiger partial charge in [-0.25, -0.2) is 0 Å². The lowest BCUT2D eigenvalue weighted by Crippen LogP contribution is -2.19. The van der Waals surface area contributed by atoms with E-state index in [-0.39, 0.29) is 16.7 Å². The molecule has 0 aliphatic carbocycles. The van der Waals surface area contributed by atoms with E-state index in [1.807, 2.05) is 0 Å². The summed E-state index contributed by atoms with van der Waals surface area (Å²) < 4.78 is 0. The van der Waals surface area contributed by atoms with Gasteiger partial charge in [-0.15, -0.1) is 0 Å². The monoisotopic (exact) mass is 338 g/mol. The first-order valence-electron chi connectivity index (χ1n) is 7.38. The van der Waals surface area contributed by atoms with Crippen molar-refractivity contribution in [3.05, 3.63) is 68.7 Å². The lowest BCUT2D eigenvalue weighted by atomic mass is 10.1. The number of benzene rings is 2. The molecular formula is C17H14N4O4. The first kappa shape index (κ1) is 16.2. The fraction of sp³-hybridized carbons (Fsp3) is 0.0588. The molecule has 8 nitrogen and oxygen atoms in total. The summed E-state index contributed by atoms with van der Waals surface area (Å²) in [5.74, 6) is -0.649. The van der Waals surface area contributed by atoms with Crippen molar-refractivity contribution in [1.82, 2.24) is 10.2 Å². The lowest BCUT2D eigenvalue weighted by Gasteiger charge is -2.08. The van der Waals surface area contributed by atoms with E-state index in [4.69, 9.17) is 0 Å². The van der Waals surface area contributed by atoms with Crippen molar-refractivity contribution in [1.29, 1.82) is 0 Å². The minimum absolute atomic E-state index is 0.175. The van der Waals surface area contributed by atoms with Crippen molar-refractivity contribution < 1.29 is 9.59 Å². The Labute approximate surface area is 140 Å². The van der Waals surface area contributed by atoms with Gasteiger partial charge in [0.25, 0.3) is 17.0 Å². The predicted octanol–water partition coefficient (Wildman–Crippen LogP) is 1.43. The van der Waals surface area contributed by atoms with Gasteiger partial charge in [-0.2, -0.15) is 0 Å². The third-order valence-electron chi connectivity index (χ3n) is 3.50. The van der Waals surface area contributed by atoms with E-state index in [1.165, 1.54) is 31.2 Å². The molecule has 4 N–H and O–H groups in total. The number of fused-ring (bicyclic) bond motifs is 1. The summed E-state index contributed by atoms with van der Waals surface area (Å²) in [6, 6.07) is 10.9. The zero-order chi connectivity index (χ0) is 18.0. The number of H-pyrrole nitrogens is 2. The van der Waals surface area contributed by atoms with Gasteiger partial charge >= 0.3 is 0 Å². The molecular weight excluding hydrogens is 324 g/mol. The van der Waals surface area contributed by atoms with Gasteiger partial charge in [-0.3, -0.25) is 29.4 Å². The van der Waals surface area contributed by atoms with Crippen molar-refractivity contribution in [2.45, 2.75) is 6.92 Å². The van der Waals surface area contributed by atoms with Crippen LogP contribution in [0.4, 0.5) is 11.4 Å². The molecule has 0 bridgehead atoms. The molecule has 3 aromatic rings. The third kappa shape index (κ3) is 3.47. The van der Waals surface area contributed by atoms with Crippen LogP contribution in [-0.4, -0.2) is 22.0 Å². The minimum Gasteiger partial charge on any atom is -0.326 e. The summed E-state index contributed by atoms with van der Waals surface area (Å²) in [6.45, 7) is 1.38. The predicted molar refractivity (Wildman–Crippen MR) is 93.9 cm³/mol. The Balaban J connectivity index is 1.90. The van der Waals surface area contributed by atoms with Crippen LogP contribution >= 0.6 is 0 Å². The van der Waals surface area contributed by atoms with E-state index in [1.54, 1.807) is 18.2 Å². The second-order valence-electron chi connectivity index (χ2n) is 5.38. The number of hydrogen-bond donors (Lipinski definition) is 4. The highest BCUT2D eigenvalue weighted by Crippen LogP contribution is 2.16. The number of nitrogens with one attached hydrogen (secondary N) is 4. The zero-order valence-corrected chi connectivity index (χ0v) is 13.2. The first-order valence-corrected chi connectivity index (χ1v) is 7.38. The van der Waals surface area contributed by atoms with Gasteiger partial charge in [-0.1, -0.05) is 6.07 Å². The molecule has 0 fully saturated rings. The van der Waals surface area contributed by atoms with Gasteiger partial charge in [0.05, 0.1) is 10.8 Å². The molecule has 0 saturated heterocycles. The second-order valence-corrected chi connectivity index (χ2v) is 5.38. The van der Waals surface area contributed by atoms with Crippen LogP contribution in [0.5, 0.6) is 0 Å². The van der Waals surface area contributed by atoms with Gasteiger partial charge in [0.2, 0.25) is 5.91 Å². The van der Waals surface area contributed by atoms with Crippen LogP contribution in [0, 0.1) is 0 Å². The third-order valence-corrected chi connectivity index (χ3v) is 3.50. The Kier molecular flexibility index (Phi) is 4.17. The van der Waals surface area contributed by atoms with E-state index in [0.717, 1.165) is 0 Å². The smallest absolute Gasteiger partial charge is 0.270 e. The normalized spacial score (nSPS) is 10.4. The Morgan fingerprint density at radius 3 is 2.24 bits per heavy atom. The molecule has 0 aliphatic heterocycles. The Hall–Kier alpha value is -3.68. The molecule has 0 radical (unpaired) electrons. The van der Waals surface area contributed by atoms with Gasteiger partial charge in [0.15, 0.2) is 0 Å². The van der Waals surface area contributed by atoms with Crippen LogP contribution in [0.1, 0.15) is 17.3 Å². The second kappa shape index (κ2) is 6.44. The SMILES string of the molecule is CC(=O)Nc1cccc(C(=O)Nc2ccc3c(=O)[nH][nH]c(=O)c3c2)c1. The number of anilines is 2. The van der Waals surface area contributed by atoms with Gasteiger partial charge in [0, 0.05) is 23.9 Å². The van der Waals surface area contributed by atoms with Crippen LogP contribution in [0.25, 0.3) is 10.8 Å². The Morgan fingerprint density at radius 1 is 0.840 bits per heavy atom. The average Bonchev–Trinajstić information content (AvgIpc) is 2.58. The summed E-state index contributed by atoms with van der Waals surface area (Å²) in [5.41, 5.74) is 0.333. The van der Waals surface area contributed by atoms with E-state index < -0.39 is 17.0 Å². The number of rotatable bonds is 3. The fourth-order valence-electron chi connectivity index (χ4n) is 2.40. The van der Waals surface area contributed by atoms with Gasteiger partial charge in [0.1, 0.15) is 0 Å². The fourth-order valence-corrected chi connectivity index (χ4v) is 2.40. The summed E-state index contributed by atoms with van der Waals surface area (Å²) in [4.78, 5) is 46.9. The molecule has 0 saturated carbocycles. The molecule has 3 rings (SSSR count). The molecule has 1 heterocycles. The largest absolute Gasteiger partial charge is 0.326 e. The summed E-state index contributed by atoms with van der Waals surface area (Å²) >= 11 is 0. The van der Waals surface area contributed by atoms with Gasteiger partial charge in [-0.05, 0) is 36.4 Å². The first-order chi connectivity index (χ1) is 11.9. The Morgan fingerprint density at radius 2 is 1.52 bits per heavy atom. The molecule has 2 amide bonds. The highest BCUT2D eigenvalue weighted by Gasteiger charge is 2.09. The molecule has 126 valence electrons. The maximum Gasteiger partial charge on any atom is 0.270 e. The van der Waals surface area contributed by atoms with E-state index >= 15 is 0 Å². The summed E-state index contributed by atoms with van der Waals surface area (Å²) in [7, 11) is 0. The number of carbonyl (C=O) groups excluding carboxylic acids is 2. The summed E-state index contributed by atoms with van der Waals surface area (Å²) in [5, 5.41) is 10.1. The highest BCUT2D eigenvalue weighted by atomic mass is 16.2. The van der Waals surface area contributed by atoms with Crippen molar-refractivity contribution in [2.75, 3.05) is 10.6 Å². The molecule has 0 atom stereocenters. The Bertz CT molecular complexity index is 1100. The number of aromatic amines is 2. The number of aromatic nitrogens is 2. The average molecular weight is 338 g/mol. The molecule has 8 heteroatoms. The molecule has 1 aromatic heterocycles. The van der Waals surface area contributed by atoms with Gasteiger partial charge < -0.3 is 10.6 Å². The van der Waals surface area contributed by atoms with Crippen molar-refractivity contribution in [3.63, 3.8) is 0 Å². The van der Waals surface area contributed by atoms with Crippen LogP contribution < -0.4 is 21.8 Å². The summed E-state index contributed by atoms with van der Waals surface area (Å²) in [6.07, 6.45) is 0. The van der Waals surface area contributed by atoms with Crippen molar-refractivity contribution in [3.8, 4) is 0 Å². The van der Waals surface area contributed by atoms with E-state index in [0.29, 0.717) is 16.9 Å². The highest BCUT2D eigenvalue weighted by molar-refractivity contribution is 6.06. The number of hydrogen-bond acceptors (Lipinski definition) is 4. The van der Waals surface area contributed by atoms with E-state index in [9.17, 15) is 19.2 Å². The molecule has 25 heavy (non-hydrogen) atoms. The molecule has 0 spiro atoms. The van der Waals surface area contributed by atoms with Crippen LogP contribution in [0.3, 0.4) is 0 Å². The van der Waals surface area contributed by atoms with E-state index in [2.05, 4.69) is 20.8 Å². The quantitative estimate of drug-likeness (QED) is 0.576. The van der Waals surface area contributed by atoms with Crippen LogP contribution in [0.2, 0.25) is 0 Å². The van der Waals surface area contributed by atoms with Crippen molar-refractivity contribution >= 4 is 34.0 Å². The number of carbonyl (C=O) groups is 2. The maximum atomic E-state index is 12.4. The standard InChI is InChI=1S/C17H14N4O4/c1-9(22)18-11-4-2-3-10(7-11)15(23)19-12-5-6-13-14(8-12)17(25)21-20-16(13)24/h2-8H,1H3,(H,18,22)(H,19,23)(H,20,24)(H,21,25). The minimum atomic E-state index is -0.460. The molecule has 0 aliphatic rings. The zero-order valence-electron chi connectivity index (χ0n) is 13.2. The van der Waals surface area contributed by atoms with Crippen LogP contribution in [0.15, 0.2) is 52.1 Å². The van der Waals surface area contributed by atoms with Crippen LogP contribution in [-0.2, 0) is 4.79 Å². The molecule has 2 aromatic carbocycles. The topological polar surface area (TPSA) is 124 Å². The molecule has 0 unspecified atom stereocenters.